The molecule has 0 amide bonds. The van der Waals surface area contributed by atoms with Crippen LogP contribution >= 0.6 is 0 Å². The van der Waals surface area contributed by atoms with Crippen LogP contribution in [-0.2, 0) is 4.74 Å². The summed E-state index contributed by atoms with van der Waals surface area (Å²) in [6.07, 6.45) is 5.79. The third kappa shape index (κ3) is 3.00. The first-order valence-electron chi connectivity index (χ1n) is 7.14. The Morgan fingerprint density at radius 2 is 1.75 bits per heavy atom. The van der Waals surface area contributed by atoms with Gasteiger partial charge in [-0.15, -0.1) is 0 Å². The molecule has 0 saturated heterocycles. The summed E-state index contributed by atoms with van der Waals surface area (Å²) in [7, 11) is 0. The highest BCUT2D eigenvalue weighted by atomic mass is 16.6. The van der Waals surface area contributed by atoms with E-state index in [1.54, 1.807) is 12.1 Å². The quantitative estimate of drug-likeness (QED) is 0.852. The van der Waals surface area contributed by atoms with Crippen molar-refractivity contribution in [3.05, 3.63) is 35.4 Å². The maximum absolute atomic E-state index is 12.3. The fraction of sp³-hybridized carbons (Fsp3) is 0.500. The summed E-state index contributed by atoms with van der Waals surface area (Å²) < 4.78 is 5.70. The van der Waals surface area contributed by atoms with Crippen LogP contribution in [0.5, 0.6) is 0 Å². The Bertz CT molecular complexity index is 501. The van der Waals surface area contributed by atoms with Gasteiger partial charge in [0, 0.05) is 0 Å². The average Bonchev–Trinajstić information content (AvgIpc) is 2.48. The molecule has 1 aliphatic rings. The van der Waals surface area contributed by atoms with Crippen LogP contribution in [0.2, 0.25) is 0 Å². The maximum atomic E-state index is 12.3. The molecule has 1 fully saturated rings. The summed E-state index contributed by atoms with van der Waals surface area (Å²) in [5.74, 6) is -1.63. The van der Waals surface area contributed by atoms with Gasteiger partial charge in [0.25, 0.3) is 0 Å². The van der Waals surface area contributed by atoms with Crippen molar-refractivity contribution in [3.8, 4) is 0 Å². The number of aromatic carboxylic acids is 1. The highest BCUT2D eigenvalue weighted by Gasteiger charge is 2.35. The van der Waals surface area contributed by atoms with Crippen LogP contribution in [0.15, 0.2) is 24.3 Å². The van der Waals surface area contributed by atoms with Gasteiger partial charge in [0.2, 0.25) is 0 Å². The number of hydrogen-bond donors (Lipinski definition) is 1. The van der Waals surface area contributed by atoms with Crippen molar-refractivity contribution in [1.82, 2.24) is 0 Å². The largest absolute Gasteiger partial charge is 0.478 e. The van der Waals surface area contributed by atoms with Gasteiger partial charge in [0.1, 0.15) is 5.60 Å². The first-order chi connectivity index (χ1) is 9.58. The third-order valence-electron chi connectivity index (χ3n) is 4.10. The molecule has 0 aromatic heterocycles. The predicted molar refractivity (Wildman–Crippen MR) is 74.9 cm³/mol. The second kappa shape index (κ2) is 6.07. The summed E-state index contributed by atoms with van der Waals surface area (Å²) in [6, 6.07) is 6.20. The second-order valence-corrected chi connectivity index (χ2v) is 5.34. The Kier molecular flexibility index (Phi) is 4.42. The van der Waals surface area contributed by atoms with Crippen molar-refractivity contribution < 1.29 is 19.4 Å². The topological polar surface area (TPSA) is 63.6 Å². The number of hydrogen-bond acceptors (Lipinski definition) is 3. The standard InChI is InChI=1S/C16H20O4/c1-2-16(10-6-3-7-11-16)20-15(19)13-9-5-4-8-12(13)14(17)18/h4-5,8-9H,2-3,6-7,10-11H2,1H3,(H,17,18). The Labute approximate surface area is 118 Å². The summed E-state index contributed by atoms with van der Waals surface area (Å²) in [5, 5.41) is 9.13. The smallest absolute Gasteiger partial charge is 0.339 e. The first-order valence-corrected chi connectivity index (χ1v) is 7.14. The lowest BCUT2D eigenvalue weighted by molar-refractivity contribution is -0.0399. The van der Waals surface area contributed by atoms with Crippen molar-refractivity contribution in [2.24, 2.45) is 0 Å². The monoisotopic (exact) mass is 276 g/mol. The van der Waals surface area contributed by atoms with Gasteiger partial charge in [-0.25, -0.2) is 9.59 Å². The van der Waals surface area contributed by atoms with Gasteiger partial charge in [-0.1, -0.05) is 25.5 Å². The van der Waals surface area contributed by atoms with E-state index in [2.05, 4.69) is 0 Å². The molecular formula is C16H20O4. The molecule has 0 spiro atoms. The van der Waals surface area contributed by atoms with Crippen molar-refractivity contribution in [1.29, 1.82) is 0 Å². The van der Waals surface area contributed by atoms with Gasteiger partial charge in [-0.2, -0.15) is 0 Å². The zero-order chi connectivity index (χ0) is 14.6. The van der Waals surface area contributed by atoms with E-state index in [-0.39, 0.29) is 11.1 Å². The summed E-state index contributed by atoms with van der Waals surface area (Å²) in [5.41, 5.74) is -0.279. The number of esters is 1. The third-order valence-corrected chi connectivity index (χ3v) is 4.10. The molecule has 108 valence electrons. The molecular weight excluding hydrogens is 256 g/mol. The number of carbonyl (C=O) groups excluding carboxylic acids is 1. The minimum Gasteiger partial charge on any atom is -0.478 e. The van der Waals surface area contributed by atoms with Crippen LogP contribution in [0.3, 0.4) is 0 Å². The van der Waals surface area contributed by atoms with Crippen LogP contribution in [0, 0.1) is 0 Å². The highest BCUT2D eigenvalue weighted by molar-refractivity contribution is 6.02. The summed E-state index contributed by atoms with van der Waals surface area (Å²) in [4.78, 5) is 23.5. The zero-order valence-corrected chi connectivity index (χ0v) is 11.7. The zero-order valence-electron chi connectivity index (χ0n) is 11.7. The Morgan fingerprint density at radius 3 is 2.30 bits per heavy atom. The molecule has 1 aromatic rings. The van der Waals surface area contributed by atoms with Crippen LogP contribution < -0.4 is 0 Å². The van der Waals surface area contributed by atoms with Gasteiger partial charge in [-0.05, 0) is 44.2 Å². The van der Waals surface area contributed by atoms with E-state index in [0.717, 1.165) is 32.1 Å². The minimum absolute atomic E-state index is 0.000405. The van der Waals surface area contributed by atoms with E-state index in [9.17, 15) is 9.59 Å². The van der Waals surface area contributed by atoms with E-state index in [1.165, 1.54) is 18.6 Å². The van der Waals surface area contributed by atoms with Gasteiger partial charge in [-0.3, -0.25) is 0 Å². The van der Waals surface area contributed by atoms with Crippen molar-refractivity contribution in [3.63, 3.8) is 0 Å². The SMILES string of the molecule is CCC1(OC(=O)c2ccccc2C(=O)O)CCCCC1. The lowest BCUT2D eigenvalue weighted by Crippen LogP contribution is -2.37. The highest BCUT2D eigenvalue weighted by Crippen LogP contribution is 2.35. The number of rotatable bonds is 4. The molecule has 1 N–H and O–H groups in total. The van der Waals surface area contributed by atoms with Crippen LogP contribution in [0.4, 0.5) is 0 Å². The van der Waals surface area contributed by atoms with Gasteiger partial charge < -0.3 is 9.84 Å². The molecule has 0 atom stereocenters. The molecule has 0 aliphatic heterocycles. The van der Waals surface area contributed by atoms with Gasteiger partial charge in [0.05, 0.1) is 11.1 Å². The van der Waals surface area contributed by atoms with Crippen molar-refractivity contribution >= 4 is 11.9 Å². The summed E-state index contributed by atoms with van der Waals surface area (Å²) >= 11 is 0. The number of carbonyl (C=O) groups is 2. The van der Waals surface area contributed by atoms with Crippen molar-refractivity contribution in [2.45, 2.75) is 51.0 Å². The number of benzene rings is 1. The molecule has 4 nitrogen and oxygen atoms in total. The maximum Gasteiger partial charge on any atom is 0.339 e. The van der Waals surface area contributed by atoms with Crippen LogP contribution in [-0.4, -0.2) is 22.6 Å². The Balaban J connectivity index is 2.21. The second-order valence-electron chi connectivity index (χ2n) is 5.34. The molecule has 0 radical (unpaired) electrons. The predicted octanol–water partition coefficient (Wildman–Crippen LogP) is 3.65. The first kappa shape index (κ1) is 14.6. The average molecular weight is 276 g/mol. The molecule has 20 heavy (non-hydrogen) atoms. The van der Waals surface area contributed by atoms with Gasteiger partial charge in [0.15, 0.2) is 0 Å². The molecule has 0 heterocycles. The number of carboxylic acid groups (broad SMARTS) is 1. The summed E-state index contributed by atoms with van der Waals surface area (Å²) in [6.45, 7) is 2.02. The lowest BCUT2D eigenvalue weighted by atomic mass is 9.82. The molecule has 0 unspecified atom stereocenters. The van der Waals surface area contributed by atoms with E-state index in [4.69, 9.17) is 9.84 Å². The van der Waals surface area contributed by atoms with Crippen LogP contribution in [0.25, 0.3) is 0 Å². The Morgan fingerprint density at radius 1 is 1.15 bits per heavy atom. The normalized spacial score (nSPS) is 17.4. The molecule has 0 bridgehead atoms. The van der Waals surface area contributed by atoms with E-state index in [0.29, 0.717) is 0 Å². The molecule has 1 aromatic carbocycles. The lowest BCUT2D eigenvalue weighted by Gasteiger charge is -2.36. The molecule has 1 saturated carbocycles. The number of ether oxygens (including phenoxy) is 1. The fourth-order valence-electron chi connectivity index (χ4n) is 2.82. The minimum atomic E-state index is -1.10. The van der Waals surface area contributed by atoms with E-state index < -0.39 is 17.5 Å². The van der Waals surface area contributed by atoms with Crippen LogP contribution in [0.1, 0.15) is 66.2 Å². The van der Waals surface area contributed by atoms with Crippen molar-refractivity contribution in [2.75, 3.05) is 0 Å². The molecule has 4 heteroatoms. The Hall–Kier alpha value is -1.84. The van der Waals surface area contributed by atoms with Gasteiger partial charge >= 0.3 is 11.9 Å². The number of carboxylic acids is 1. The molecule has 1 aliphatic carbocycles. The van der Waals surface area contributed by atoms with E-state index in [1.807, 2.05) is 6.92 Å². The van der Waals surface area contributed by atoms with E-state index >= 15 is 0 Å². The fourth-order valence-corrected chi connectivity index (χ4v) is 2.82. The molecule has 2 rings (SSSR count).